The lowest BCUT2D eigenvalue weighted by molar-refractivity contribution is 0.0971. The highest BCUT2D eigenvalue weighted by Gasteiger charge is 2.45. The number of aryl methyl sites for hydroxylation is 2. The Morgan fingerprint density at radius 2 is 1.81 bits per heavy atom. The van der Waals surface area contributed by atoms with Gasteiger partial charge in [0.15, 0.2) is 10.6 Å². The molecule has 7 heteroatoms. The zero-order chi connectivity index (χ0) is 22.0. The van der Waals surface area contributed by atoms with Crippen LogP contribution in [0.4, 0.5) is 5.13 Å². The first-order valence-corrected chi connectivity index (χ1v) is 11.0. The van der Waals surface area contributed by atoms with E-state index in [2.05, 4.69) is 17.1 Å². The van der Waals surface area contributed by atoms with Crippen molar-refractivity contribution in [2.75, 3.05) is 4.90 Å². The van der Waals surface area contributed by atoms with E-state index >= 15 is 0 Å². The number of hydrogen-bond donors (Lipinski definition) is 0. The first-order chi connectivity index (χ1) is 15.5. The summed E-state index contributed by atoms with van der Waals surface area (Å²) in [5.74, 6) is -0.291. The van der Waals surface area contributed by atoms with Crippen LogP contribution in [-0.4, -0.2) is 15.9 Å². The van der Waals surface area contributed by atoms with Crippen LogP contribution in [0.1, 0.15) is 38.9 Å². The molecule has 6 nitrogen and oxygen atoms in total. The van der Waals surface area contributed by atoms with Crippen LogP contribution in [0.15, 0.2) is 70.1 Å². The number of para-hydroxylation sites is 1. The van der Waals surface area contributed by atoms with E-state index in [9.17, 15) is 9.59 Å². The average Bonchev–Trinajstić information content (AvgIpc) is 3.34. The number of hydrogen-bond acceptors (Lipinski definition) is 6. The van der Waals surface area contributed by atoms with Crippen molar-refractivity contribution in [3.63, 3.8) is 0 Å². The Hall–Kier alpha value is -3.84. The third-order valence-electron chi connectivity index (χ3n) is 5.82. The predicted molar refractivity (Wildman–Crippen MR) is 124 cm³/mol. The molecule has 0 aliphatic carbocycles. The van der Waals surface area contributed by atoms with Gasteiger partial charge >= 0.3 is 0 Å². The zero-order valence-electron chi connectivity index (χ0n) is 17.3. The molecule has 1 atom stereocenters. The average molecular weight is 439 g/mol. The van der Waals surface area contributed by atoms with Gasteiger partial charge in [-0.15, -0.1) is 0 Å². The fraction of sp³-hybridized carbons (Fsp3) is 0.120. The van der Waals surface area contributed by atoms with E-state index in [0.29, 0.717) is 21.7 Å². The van der Waals surface area contributed by atoms with Gasteiger partial charge in [-0.05, 0) is 60.9 Å². The maximum Gasteiger partial charge on any atom is 0.297 e. The molecule has 5 aromatic rings. The fourth-order valence-corrected chi connectivity index (χ4v) is 5.61. The molecule has 1 amide bonds. The van der Waals surface area contributed by atoms with Crippen LogP contribution >= 0.6 is 11.3 Å². The molecule has 1 aliphatic rings. The Labute approximate surface area is 186 Å². The van der Waals surface area contributed by atoms with Gasteiger partial charge < -0.3 is 4.42 Å². The second-order valence-electron chi connectivity index (χ2n) is 7.95. The van der Waals surface area contributed by atoms with Crippen molar-refractivity contribution in [2.24, 2.45) is 0 Å². The van der Waals surface area contributed by atoms with Crippen LogP contribution in [0.5, 0.6) is 0 Å². The maximum atomic E-state index is 13.6. The number of fused-ring (bicyclic) bond motifs is 3. The molecule has 0 fully saturated rings. The van der Waals surface area contributed by atoms with Gasteiger partial charge in [-0.3, -0.25) is 19.5 Å². The SMILES string of the molecule is Cc1cc(C)c2nc(N3C(=O)c4oc5ccccc5c(=O)c4[C@H]3c3ccncc3)sc2c1. The summed E-state index contributed by atoms with van der Waals surface area (Å²) >= 11 is 1.44. The van der Waals surface area contributed by atoms with E-state index in [1.807, 2.05) is 26.0 Å². The summed E-state index contributed by atoms with van der Waals surface area (Å²) in [5, 5.41) is 0.992. The molecule has 1 aliphatic heterocycles. The molecule has 32 heavy (non-hydrogen) atoms. The number of nitrogens with zero attached hydrogens (tertiary/aromatic N) is 3. The number of carbonyl (C=O) groups excluding carboxylic acids is 1. The largest absolute Gasteiger partial charge is 0.450 e. The van der Waals surface area contributed by atoms with Gasteiger partial charge in [0.2, 0.25) is 5.76 Å². The van der Waals surface area contributed by atoms with E-state index in [1.165, 1.54) is 11.3 Å². The van der Waals surface area contributed by atoms with Crippen LogP contribution in [0.25, 0.3) is 21.2 Å². The van der Waals surface area contributed by atoms with Gasteiger partial charge in [0.25, 0.3) is 5.91 Å². The summed E-state index contributed by atoms with van der Waals surface area (Å²) in [6.07, 6.45) is 3.31. The van der Waals surface area contributed by atoms with Crippen molar-refractivity contribution in [3.05, 3.63) is 99.2 Å². The molecule has 2 aromatic carbocycles. The molecule has 0 spiro atoms. The van der Waals surface area contributed by atoms with E-state index in [0.717, 1.165) is 26.9 Å². The van der Waals surface area contributed by atoms with Gasteiger partial charge in [-0.25, -0.2) is 4.98 Å². The molecular weight excluding hydrogens is 422 g/mol. The third kappa shape index (κ3) is 2.64. The van der Waals surface area contributed by atoms with Gasteiger partial charge in [0.05, 0.1) is 27.2 Å². The number of amides is 1. The Morgan fingerprint density at radius 3 is 2.62 bits per heavy atom. The van der Waals surface area contributed by atoms with E-state index < -0.39 is 6.04 Å². The highest BCUT2D eigenvalue weighted by Crippen LogP contribution is 2.43. The van der Waals surface area contributed by atoms with Crippen molar-refractivity contribution >= 4 is 43.6 Å². The minimum absolute atomic E-state index is 0.0719. The van der Waals surface area contributed by atoms with Crippen molar-refractivity contribution in [3.8, 4) is 0 Å². The summed E-state index contributed by atoms with van der Waals surface area (Å²) in [6, 6.07) is 14.1. The Morgan fingerprint density at radius 1 is 1.03 bits per heavy atom. The van der Waals surface area contributed by atoms with Gasteiger partial charge in [-0.2, -0.15) is 0 Å². The molecule has 3 aromatic heterocycles. The van der Waals surface area contributed by atoms with E-state index in [-0.39, 0.29) is 17.1 Å². The lowest BCUT2D eigenvalue weighted by Gasteiger charge is -2.22. The number of carbonyl (C=O) groups is 1. The summed E-state index contributed by atoms with van der Waals surface area (Å²) in [6.45, 7) is 4.05. The maximum absolute atomic E-state index is 13.6. The van der Waals surface area contributed by atoms with Crippen LogP contribution in [0, 0.1) is 13.8 Å². The van der Waals surface area contributed by atoms with Crippen LogP contribution < -0.4 is 10.3 Å². The van der Waals surface area contributed by atoms with Crippen molar-refractivity contribution < 1.29 is 9.21 Å². The second-order valence-corrected chi connectivity index (χ2v) is 8.96. The van der Waals surface area contributed by atoms with E-state index in [4.69, 9.17) is 9.40 Å². The number of benzene rings is 2. The Bertz CT molecular complexity index is 1600. The van der Waals surface area contributed by atoms with Crippen molar-refractivity contribution in [1.29, 1.82) is 0 Å². The summed E-state index contributed by atoms with van der Waals surface area (Å²) < 4.78 is 6.99. The zero-order valence-corrected chi connectivity index (χ0v) is 18.1. The molecule has 0 saturated heterocycles. The number of anilines is 1. The quantitative estimate of drug-likeness (QED) is 0.380. The molecule has 0 N–H and O–H groups in total. The molecule has 0 unspecified atom stereocenters. The smallest absolute Gasteiger partial charge is 0.297 e. The molecular formula is C25H17N3O3S. The Balaban J connectivity index is 1.65. The van der Waals surface area contributed by atoms with Gasteiger partial charge in [-0.1, -0.05) is 29.5 Å². The fourth-order valence-electron chi connectivity index (χ4n) is 4.44. The first-order valence-electron chi connectivity index (χ1n) is 10.2. The minimum atomic E-state index is -0.636. The highest BCUT2D eigenvalue weighted by molar-refractivity contribution is 7.22. The number of rotatable bonds is 2. The summed E-state index contributed by atoms with van der Waals surface area (Å²) in [4.78, 5) is 37.7. The number of thiazole rings is 1. The summed E-state index contributed by atoms with van der Waals surface area (Å²) in [7, 11) is 0. The molecule has 6 rings (SSSR count). The van der Waals surface area contributed by atoms with E-state index in [1.54, 1.807) is 41.6 Å². The van der Waals surface area contributed by atoms with Crippen LogP contribution in [-0.2, 0) is 0 Å². The first kappa shape index (κ1) is 18.9. The third-order valence-corrected chi connectivity index (χ3v) is 6.83. The second kappa shape index (κ2) is 6.83. The molecule has 0 bridgehead atoms. The lowest BCUT2D eigenvalue weighted by atomic mass is 10.00. The lowest BCUT2D eigenvalue weighted by Crippen LogP contribution is -2.29. The number of pyridine rings is 1. The summed E-state index contributed by atoms with van der Waals surface area (Å²) in [5.41, 5.74) is 4.36. The van der Waals surface area contributed by atoms with Crippen molar-refractivity contribution in [1.82, 2.24) is 9.97 Å². The molecule has 0 radical (unpaired) electrons. The molecule has 156 valence electrons. The van der Waals surface area contributed by atoms with Crippen molar-refractivity contribution in [2.45, 2.75) is 19.9 Å². The normalized spacial score (nSPS) is 15.6. The minimum Gasteiger partial charge on any atom is -0.450 e. The van der Waals surface area contributed by atoms with Gasteiger partial charge in [0.1, 0.15) is 5.58 Å². The highest BCUT2D eigenvalue weighted by atomic mass is 32.1. The standard InChI is InChI=1S/C25H17N3O3S/c1-13-11-14(2)20-18(12-13)32-25(27-20)28-21(15-7-9-26-10-8-15)19-22(29)16-5-3-4-6-17(16)31-23(19)24(28)30/h3-12,21H,1-2H3/t21-/m1/s1. The topological polar surface area (TPSA) is 76.3 Å². The molecule has 0 saturated carbocycles. The Kier molecular flexibility index (Phi) is 4.03. The number of aromatic nitrogens is 2. The molecule has 4 heterocycles. The predicted octanol–water partition coefficient (Wildman–Crippen LogP) is 5.16. The van der Waals surface area contributed by atoms with Crippen LogP contribution in [0.3, 0.4) is 0 Å². The monoisotopic (exact) mass is 439 g/mol. The van der Waals surface area contributed by atoms with Gasteiger partial charge in [0, 0.05) is 12.4 Å². The van der Waals surface area contributed by atoms with Crippen LogP contribution in [0.2, 0.25) is 0 Å².